The van der Waals surface area contributed by atoms with Crippen molar-refractivity contribution in [1.82, 2.24) is 14.7 Å². The molecule has 4 nitrogen and oxygen atoms in total. The van der Waals surface area contributed by atoms with E-state index in [-0.39, 0.29) is 5.91 Å². The number of benzene rings is 1. The van der Waals surface area contributed by atoms with Crippen LogP contribution in [-0.2, 0) is 4.79 Å². The number of thioether (sulfide) groups is 2. The van der Waals surface area contributed by atoms with E-state index in [2.05, 4.69) is 5.10 Å². The van der Waals surface area contributed by atoms with E-state index < -0.39 is 0 Å². The molecule has 0 aliphatic carbocycles. The molecule has 1 aromatic heterocycles. The van der Waals surface area contributed by atoms with Gasteiger partial charge in [0.25, 0.3) is 0 Å². The maximum Gasteiger partial charge on any atom is 0.230 e. The molecular weight excluding hydrogens is 302 g/mol. The fourth-order valence-corrected chi connectivity index (χ4v) is 4.66. The number of aromatic nitrogens is 2. The first-order valence-corrected chi connectivity index (χ1v) is 8.58. The molecule has 1 fully saturated rings. The van der Waals surface area contributed by atoms with Gasteiger partial charge in [0.2, 0.25) is 5.91 Å². The number of hydrogen-bond donors (Lipinski definition) is 0. The normalized spacial score (nSPS) is 20.8. The van der Waals surface area contributed by atoms with E-state index in [1.54, 1.807) is 11.8 Å². The van der Waals surface area contributed by atoms with Crippen molar-refractivity contribution in [1.29, 1.82) is 0 Å². The summed E-state index contributed by atoms with van der Waals surface area (Å²) in [5.41, 5.74) is 1.05. The van der Waals surface area contributed by atoms with Gasteiger partial charge in [-0.05, 0) is 18.2 Å². The molecule has 0 unspecified atom stereocenters. The Morgan fingerprint density at radius 1 is 1.24 bits per heavy atom. The van der Waals surface area contributed by atoms with Crippen LogP contribution in [0.5, 0.6) is 0 Å². The number of amides is 1. The molecule has 2 aliphatic rings. The number of fused-ring (bicyclic) bond motifs is 1. The van der Waals surface area contributed by atoms with Gasteiger partial charge in [0.1, 0.15) is 5.03 Å². The average Bonchev–Trinajstić information content (AvgIpc) is 2.97. The molecule has 2 aromatic rings. The maximum atomic E-state index is 11.5. The first kappa shape index (κ1) is 13.0. The number of para-hydroxylation sites is 1. The molecular formula is C15H13N3OS2. The fourth-order valence-electron chi connectivity index (χ4n) is 2.39. The zero-order valence-corrected chi connectivity index (χ0v) is 12.8. The minimum absolute atomic E-state index is 0.224. The average molecular weight is 315 g/mol. The summed E-state index contributed by atoms with van der Waals surface area (Å²) in [5.74, 6) is 1.18. The molecule has 2 aliphatic heterocycles. The van der Waals surface area contributed by atoms with Gasteiger partial charge in [-0.15, -0.1) is 11.8 Å². The molecule has 0 saturated carbocycles. The molecule has 3 heterocycles. The molecule has 1 atom stereocenters. The van der Waals surface area contributed by atoms with Gasteiger partial charge in [0, 0.05) is 16.9 Å². The highest BCUT2D eigenvalue weighted by Gasteiger charge is 2.38. The lowest BCUT2D eigenvalue weighted by Crippen LogP contribution is -2.48. The quantitative estimate of drug-likeness (QED) is 0.816. The van der Waals surface area contributed by atoms with E-state index in [4.69, 9.17) is 0 Å². The van der Waals surface area contributed by atoms with Crippen molar-refractivity contribution < 1.29 is 4.79 Å². The van der Waals surface area contributed by atoms with Crippen molar-refractivity contribution >= 4 is 29.4 Å². The molecule has 1 saturated heterocycles. The van der Waals surface area contributed by atoms with Crippen molar-refractivity contribution in [3.05, 3.63) is 53.7 Å². The predicted octanol–water partition coefficient (Wildman–Crippen LogP) is 3.11. The molecule has 0 bridgehead atoms. The van der Waals surface area contributed by atoms with Crippen molar-refractivity contribution in [3.63, 3.8) is 0 Å². The number of carbonyl (C=O) groups is 1. The summed E-state index contributed by atoms with van der Waals surface area (Å²) >= 11 is 3.52. The Bertz CT molecular complexity index is 711. The summed E-state index contributed by atoms with van der Waals surface area (Å²) in [6, 6.07) is 12.1. The predicted molar refractivity (Wildman–Crippen MR) is 85.2 cm³/mol. The van der Waals surface area contributed by atoms with Crippen molar-refractivity contribution in [3.8, 4) is 5.69 Å². The molecule has 0 N–H and O–H groups in total. The molecule has 6 heteroatoms. The summed E-state index contributed by atoms with van der Waals surface area (Å²) in [7, 11) is 0. The standard InChI is InChI=1S/C15H13N3OS2/c19-13-8-15-17(13)9-12(10-20-15)21-14-6-7-16-18(14)11-4-2-1-3-5-11/h1-7,9,15H,8,10H2/t15-/m1/s1. The Hall–Kier alpha value is -1.66. The van der Waals surface area contributed by atoms with Gasteiger partial charge in [0.15, 0.2) is 0 Å². The van der Waals surface area contributed by atoms with E-state index >= 15 is 0 Å². The maximum absolute atomic E-state index is 11.5. The van der Waals surface area contributed by atoms with E-state index in [1.807, 2.05) is 70.1 Å². The Kier molecular flexibility index (Phi) is 3.27. The van der Waals surface area contributed by atoms with Gasteiger partial charge in [-0.2, -0.15) is 5.10 Å². The zero-order valence-electron chi connectivity index (χ0n) is 11.2. The van der Waals surface area contributed by atoms with Crippen LogP contribution in [-0.4, -0.2) is 31.7 Å². The fraction of sp³-hybridized carbons (Fsp3) is 0.200. The van der Waals surface area contributed by atoms with Gasteiger partial charge in [-0.1, -0.05) is 30.0 Å². The summed E-state index contributed by atoms with van der Waals surface area (Å²) in [6.45, 7) is 0. The minimum Gasteiger partial charge on any atom is -0.305 e. The van der Waals surface area contributed by atoms with Crippen LogP contribution >= 0.6 is 23.5 Å². The summed E-state index contributed by atoms with van der Waals surface area (Å²) < 4.78 is 1.93. The van der Waals surface area contributed by atoms with Crippen molar-refractivity contribution in [2.45, 2.75) is 16.8 Å². The van der Waals surface area contributed by atoms with Gasteiger partial charge < -0.3 is 4.90 Å². The monoisotopic (exact) mass is 315 g/mol. The first-order chi connectivity index (χ1) is 10.3. The Morgan fingerprint density at radius 3 is 2.90 bits per heavy atom. The van der Waals surface area contributed by atoms with Crippen LogP contribution in [0, 0.1) is 0 Å². The summed E-state index contributed by atoms with van der Waals surface area (Å²) in [4.78, 5) is 14.6. The van der Waals surface area contributed by atoms with E-state index in [0.717, 1.165) is 16.5 Å². The lowest BCUT2D eigenvalue weighted by Gasteiger charge is -2.40. The van der Waals surface area contributed by atoms with Crippen LogP contribution in [0.15, 0.2) is 58.7 Å². The number of β-lactam (4-membered cyclic amide) rings is 1. The lowest BCUT2D eigenvalue weighted by atomic mass is 10.2. The van der Waals surface area contributed by atoms with Crippen LogP contribution in [0.1, 0.15) is 6.42 Å². The number of rotatable bonds is 3. The number of hydrogen-bond acceptors (Lipinski definition) is 4. The lowest BCUT2D eigenvalue weighted by molar-refractivity contribution is -0.137. The first-order valence-electron chi connectivity index (χ1n) is 6.72. The molecule has 106 valence electrons. The van der Waals surface area contributed by atoms with Crippen molar-refractivity contribution in [2.75, 3.05) is 5.75 Å². The molecule has 4 rings (SSSR count). The highest BCUT2D eigenvalue weighted by Crippen LogP contribution is 2.41. The highest BCUT2D eigenvalue weighted by molar-refractivity contribution is 8.06. The van der Waals surface area contributed by atoms with E-state index in [9.17, 15) is 4.79 Å². The number of carbonyl (C=O) groups excluding carboxylic acids is 1. The van der Waals surface area contributed by atoms with Crippen LogP contribution < -0.4 is 0 Å². The Labute approximate surface area is 131 Å². The Balaban J connectivity index is 1.59. The molecule has 21 heavy (non-hydrogen) atoms. The van der Waals surface area contributed by atoms with Gasteiger partial charge in [-0.3, -0.25) is 4.79 Å². The smallest absolute Gasteiger partial charge is 0.230 e. The second-order valence-electron chi connectivity index (χ2n) is 4.89. The highest BCUT2D eigenvalue weighted by atomic mass is 32.2. The number of nitrogens with zero attached hydrogens (tertiary/aromatic N) is 3. The van der Waals surface area contributed by atoms with Gasteiger partial charge in [0.05, 0.1) is 23.7 Å². The molecule has 0 spiro atoms. The second-order valence-corrected chi connectivity index (χ2v) is 7.20. The third-order valence-corrected chi connectivity index (χ3v) is 5.96. The largest absolute Gasteiger partial charge is 0.305 e. The van der Waals surface area contributed by atoms with Crippen LogP contribution in [0.4, 0.5) is 0 Å². The minimum atomic E-state index is 0.224. The van der Waals surface area contributed by atoms with Crippen molar-refractivity contribution in [2.24, 2.45) is 0 Å². The molecule has 1 amide bonds. The van der Waals surface area contributed by atoms with E-state index in [1.165, 1.54) is 4.91 Å². The Morgan fingerprint density at radius 2 is 2.10 bits per heavy atom. The van der Waals surface area contributed by atoms with E-state index in [0.29, 0.717) is 11.8 Å². The van der Waals surface area contributed by atoms with Gasteiger partial charge >= 0.3 is 0 Å². The zero-order chi connectivity index (χ0) is 14.2. The summed E-state index contributed by atoms with van der Waals surface area (Å²) in [5, 5.41) is 5.83. The molecule has 1 aromatic carbocycles. The third-order valence-electron chi connectivity index (χ3n) is 3.49. The SMILES string of the molecule is O=C1C[C@H]2SCC(Sc3ccnn3-c3ccccc3)=CN12. The third kappa shape index (κ3) is 2.38. The van der Waals surface area contributed by atoms with Crippen LogP contribution in [0.2, 0.25) is 0 Å². The van der Waals surface area contributed by atoms with Crippen LogP contribution in [0.3, 0.4) is 0 Å². The topological polar surface area (TPSA) is 38.1 Å². The van der Waals surface area contributed by atoms with Crippen LogP contribution in [0.25, 0.3) is 5.69 Å². The second kappa shape index (κ2) is 5.27. The summed E-state index contributed by atoms with van der Waals surface area (Å²) in [6.07, 6.45) is 4.49. The van der Waals surface area contributed by atoms with Gasteiger partial charge in [-0.25, -0.2) is 4.68 Å². The molecule has 0 radical (unpaired) electrons.